The summed E-state index contributed by atoms with van der Waals surface area (Å²) in [6.07, 6.45) is 2.45. The number of nitrogens with zero attached hydrogens (tertiary/aromatic N) is 2. The van der Waals surface area contributed by atoms with Crippen molar-refractivity contribution in [2.45, 2.75) is 23.9 Å². The molecule has 2 aliphatic heterocycles. The molecule has 4 rings (SSSR count). The highest BCUT2D eigenvalue weighted by Gasteiger charge is 2.50. The quantitative estimate of drug-likeness (QED) is 0.690. The maximum absolute atomic E-state index is 13.3. The Kier molecular flexibility index (Phi) is 5.66. The van der Waals surface area contributed by atoms with Crippen LogP contribution in [0.3, 0.4) is 0 Å². The largest absolute Gasteiger partial charge is 0.341 e. The highest BCUT2D eigenvalue weighted by molar-refractivity contribution is 7.98. The van der Waals surface area contributed by atoms with Gasteiger partial charge in [-0.25, -0.2) is 0 Å². The van der Waals surface area contributed by atoms with E-state index in [1.807, 2.05) is 36.6 Å². The number of carbonyl (C=O) groups is 2. The number of fused-ring (bicyclic) bond motifs is 1. The van der Waals surface area contributed by atoms with Crippen LogP contribution in [0.1, 0.15) is 12.0 Å². The zero-order chi connectivity index (χ0) is 21.3. The number of anilines is 1. The minimum atomic E-state index is -3.99. The Morgan fingerprint density at radius 2 is 1.77 bits per heavy atom. The smallest absolute Gasteiger partial charge is 0.286 e. The summed E-state index contributed by atoms with van der Waals surface area (Å²) in [4.78, 5) is 28.1. The number of carbonyl (C=O) groups excluding carboxylic acids is 2. The first-order valence-electron chi connectivity index (χ1n) is 9.50. The van der Waals surface area contributed by atoms with E-state index in [0.29, 0.717) is 17.9 Å². The maximum Gasteiger partial charge on any atom is 0.286 e. The fraction of sp³-hybridized carbons (Fsp3) is 0.286. The van der Waals surface area contributed by atoms with Crippen LogP contribution in [0, 0.1) is 5.92 Å². The molecule has 2 aliphatic rings. The van der Waals surface area contributed by atoms with Crippen molar-refractivity contribution in [1.82, 2.24) is 4.90 Å². The number of rotatable bonds is 6. The van der Waals surface area contributed by atoms with Gasteiger partial charge >= 0.3 is 0 Å². The second-order valence-corrected chi connectivity index (χ2v) is 9.72. The van der Waals surface area contributed by atoms with Gasteiger partial charge in [0.25, 0.3) is 10.0 Å². The summed E-state index contributed by atoms with van der Waals surface area (Å²) in [5.74, 6) is -1.39. The Hall–Kier alpha value is -2.65. The molecule has 9 heteroatoms. The summed E-state index contributed by atoms with van der Waals surface area (Å²) in [6, 6.07) is 15.1. The standard InChI is InChI=1S/C21H21N3O4S2/c1-29-12-11-16-19(25)18(21(26)24(16)13-14-7-3-2-4-8-14)20-22-15-9-5-6-10-17(15)30(27,28)23-20/h2-10,16,18H,11-13H2,1H3,(H,22,23)/t16-,18?/m0/s1. The summed E-state index contributed by atoms with van der Waals surface area (Å²) >= 11 is 1.60. The number of hydrogen-bond acceptors (Lipinski definition) is 6. The third-order valence-electron chi connectivity index (χ3n) is 5.23. The number of nitrogens with one attached hydrogen (secondary N) is 1. The predicted octanol–water partition coefficient (Wildman–Crippen LogP) is 2.55. The van der Waals surface area contributed by atoms with Gasteiger partial charge in [0.05, 0.1) is 11.7 Å². The van der Waals surface area contributed by atoms with Crippen LogP contribution in [0.25, 0.3) is 0 Å². The lowest BCUT2D eigenvalue weighted by molar-refractivity contribution is -0.131. The van der Waals surface area contributed by atoms with E-state index in [1.165, 1.54) is 6.07 Å². The van der Waals surface area contributed by atoms with E-state index in [0.717, 1.165) is 5.56 Å². The van der Waals surface area contributed by atoms with Crippen molar-refractivity contribution < 1.29 is 18.0 Å². The van der Waals surface area contributed by atoms with E-state index < -0.39 is 27.9 Å². The number of hydrogen-bond donors (Lipinski definition) is 1. The number of thioether (sulfide) groups is 1. The van der Waals surface area contributed by atoms with Crippen LogP contribution in [-0.4, -0.2) is 48.9 Å². The first-order chi connectivity index (χ1) is 14.4. The average molecular weight is 444 g/mol. The molecule has 1 amide bonds. The molecule has 0 aromatic heterocycles. The summed E-state index contributed by atoms with van der Waals surface area (Å²) in [5, 5.41) is 2.91. The SMILES string of the molecule is CSCC[C@H]1C(=O)C(C2=NS(=O)(=O)c3ccccc3N2)C(=O)N1Cc1ccccc1. The van der Waals surface area contributed by atoms with Gasteiger partial charge in [0.1, 0.15) is 10.7 Å². The molecular weight excluding hydrogens is 422 g/mol. The lowest BCUT2D eigenvalue weighted by atomic mass is 10.0. The van der Waals surface area contributed by atoms with Crippen molar-refractivity contribution in [3.8, 4) is 0 Å². The predicted molar refractivity (Wildman–Crippen MR) is 117 cm³/mol. The molecule has 156 valence electrons. The highest BCUT2D eigenvalue weighted by atomic mass is 32.2. The summed E-state index contributed by atoms with van der Waals surface area (Å²) < 4.78 is 29.0. The Morgan fingerprint density at radius 3 is 2.50 bits per heavy atom. The van der Waals surface area contributed by atoms with E-state index >= 15 is 0 Å². The van der Waals surface area contributed by atoms with Crippen molar-refractivity contribution >= 4 is 45.0 Å². The van der Waals surface area contributed by atoms with Crippen molar-refractivity contribution in [3.63, 3.8) is 0 Å². The Bertz CT molecular complexity index is 1120. The molecule has 2 aromatic carbocycles. The molecular formula is C21H21N3O4S2. The summed E-state index contributed by atoms with van der Waals surface area (Å²) in [6.45, 7) is 0.289. The number of ketones is 1. The minimum absolute atomic E-state index is 0.0340. The number of amidine groups is 1. The molecule has 0 saturated carbocycles. The van der Waals surface area contributed by atoms with Crippen molar-refractivity contribution in [3.05, 3.63) is 60.2 Å². The van der Waals surface area contributed by atoms with Crippen LogP contribution in [0.4, 0.5) is 5.69 Å². The summed E-state index contributed by atoms with van der Waals surface area (Å²) in [5.41, 5.74) is 1.23. The van der Waals surface area contributed by atoms with Gasteiger partial charge in [-0.05, 0) is 36.1 Å². The van der Waals surface area contributed by atoms with Gasteiger partial charge in [0.2, 0.25) is 5.91 Å². The molecule has 0 spiro atoms. The van der Waals surface area contributed by atoms with Crippen LogP contribution < -0.4 is 5.32 Å². The number of Topliss-reactive ketones (excluding diaryl/α,β-unsaturated/α-hetero) is 1. The van der Waals surface area contributed by atoms with Gasteiger partial charge < -0.3 is 10.2 Å². The van der Waals surface area contributed by atoms with Gasteiger partial charge in [-0.1, -0.05) is 42.5 Å². The number of para-hydroxylation sites is 1. The first-order valence-corrected chi connectivity index (χ1v) is 12.3. The molecule has 1 fully saturated rings. The maximum atomic E-state index is 13.3. The number of likely N-dealkylation sites (tertiary alicyclic amines) is 1. The molecule has 2 aromatic rings. The number of sulfonamides is 1. The van der Waals surface area contributed by atoms with E-state index in [9.17, 15) is 18.0 Å². The van der Waals surface area contributed by atoms with E-state index in [2.05, 4.69) is 9.71 Å². The van der Waals surface area contributed by atoms with Crippen LogP contribution in [0.15, 0.2) is 63.9 Å². The van der Waals surface area contributed by atoms with Crippen molar-refractivity contribution in [2.24, 2.45) is 10.3 Å². The van der Waals surface area contributed by atoms with Crippen LogP contribution in [-0.2, 0) is 26.2 Å². The average Bonchev–Trinajstić information content (AvgIpc) is 2.96. The number of benzene rings is 2. The minimum Gasteiger partial charge on any atom is -0.341 e. The van der Waals surface area contributed by atoms with Crippen LogP contribution in [0.2, 0.25) is 0 Å². The third kappa shape index (κ3) is 3.75. The zero-order valence-electron chi connectivity index (χ0n) is 16.3. The van der Waals surface area contributed by atoms with Gasteiger partial charge in [-0.2, -0.15) is 20.2 Å². The lowest BCUT2D eigenvalue weighted by Crippen LogP contribution is -2.37. The van der Waals surface area contributed by atoms with E-state index in [-0.39, 0.29) is 23.1 Å². The molecule has 0 aliphatic carbocycles. The molecule has 1 saturated heterocycles. The molecule has 0 radical (unpaired) electrons. The molecule has 0 bridgehead atoms. The Morgan fingerprint density at radius 1 is 1.07 bits per heavy atom. The molecule has 7 nitrogen and oxygen atoms in total. The highest BCUT2D eigenvalue weighted by Crippen LogP contribution is 2.33. The van der Waals surface area contributed by atoms with Crippen molar-refractivity contribution in [2.75, 3.05) is 17.3 Å². The lowest BCUT2D eigenvalue weighted by Gasteiger charge is -2.23. The second kappa shape index (κ2) is 8.23. The van der Waals surface area contributed by atoms with E-state index in [1.54, 1.807) is 34.9 Å². The monoisotopic (exact) mass is 443 g/mol. The second-order valence-electron chi connectivity index (χ2n) is 7.16. The first kappa shape index (κ1) is 20.6. The third-order valence-corrected chi connectivity index (χ3v) is 7.22. The molecule has 30 heavy (non-hydrogen) atoms. The van der Waals surface area contributed by atoms with Crippen LogP contribution in [0.5, 0.6) is 0 Å². The Labute approximate surface area is 179 Å². The molecule has 2 atom stereocenters. The fourth-order valence-corrected chi connectivity index (χ4v) is 5.41. The zero-order valence-corrected chi connectivity index (χ0v) is 17.9. The van der Waals surface area contributed by atoms with Gasteiger partial charge in [-0.15, -0.1) is 4.40 Å². The normalized spacial score (nSPS) is 22.4. The van der Waals surface area contributed by atoms with Gasteiger partial charge in [-0.3, -0.25) is 9.59 Å². The summed E-state index contributed by atoms with van der Waals surface area (Å²) in [7, 11) is -3.99. The molecule has 1 unspecified atom stereocenters. The van der Waals surface area contributed by atoms with Crippen molar-refractivity contribution in [1.29, 1.82) is 0 Å². The topological polar surface area (TPSA) is 95.9 Å². The fourth-order valence-electron chi connectivity index (χ4n) is 3.79. The Balaban J connectivity index is 1.69. The molecule has 1 N–H and O–H groups in total. The molecule has 2 heterocycles. The van der Waals surface area contributed by atoms with Crippen LogP contribution >= 0.6 is 11.8 Å². The van der Waals surface area contributed by atoms with E-state index in [4.69, 9.17) is 0 Å². The van der Waals surface area contributed by atoms with Gasteiger partial charge in [0, 0.05) is 6.54 Å². The van der Waals surface area contributed by atoms with Gasteiger partial charge in [0.15, 0.2) is 11.7 Å². The number of amides is 1.